The summed E-state index contributed by atoms with van der Waals surface area (Å²) in [6.07, 6.45) is 0. The minimum Gasteiger partial charge on any atom is -0.363 e. The highest BCUT2D eigenvalue weighted by atomic mass is 35.5. The summed E-state index contributed by atoms with van der Waals surface area (Å²) in [4.78, 5) is 15.3. The minimum atomic E-state index is -0.300. The first-order chi connectivity index (χ1) is 10.7. The molecule has 0 aromatic heterocycles. The van der Waals surface area contributed by atoms with E-state index in [9.17, 15) is 10.1 Å². The average Bonchev–Trinajstić information content (AvgIpc) is 2.56. The fraction of sp³-hybridized carbons (Fsp3) is 0.294. The van der Waals surface area contributed by atoms with E-state index in [0.717, 1.165) is 38.4 Å². The number of anilines is 1. The van der Waals surface area contributed by atoms with Crippen LogP contribution < -0.4 is 4.90 Å². The molecule has 2 aromatic carbocycles. The summed E-state index contributed by atoms with van der Waals surface area (Å²) in [6, 6.07) is 17.4. The normalized spacial score (nSPS) is 15.0. The molecule has 0 radical (unpaired) electrons. The predicted molar refractivity (Wildman–Crippen MR) is 94.3 cm³/mol. The maximum Gasteiger partial charge on any atom is 0.292 e. The van der Waals surface area contributed by atoms with Gasteiger partial charge in [-0.2, -0.15) is 0 Å². The molecular formula is C17H20ClN3O2. The number of nitro groups is 1. The van der Waals surface area contributed by atoms with Crippen LogP contribution in [0.4, 0.5) is 11.4 Å². The first-order valence-corrected chi connectivity index (χ1v) is 7.49. The lowest BCUT2D eigenvalue weighted by Gasteiger charge is -2.35. The number of hydrogen-bond acceptors (Lipinski definition) is 4. The number of nitrogens with zero attached hydrogens (tertiary/aromatic N) is 3. The van der Waals surface area contributed by atoms with E-state index in [1.165, 1.54) is 5.56 Å². The van der Waals surface area contributed by atoms with Crippen molar-refractivity contribution in [3.8, 4) is 0 Å². The summed E-state index contributed by atoms with van der Waals surface area (Å²) in [5.41, 5.74) is 2.23. The second kappa shape index (κ2) is 7.94. The minimum absolute atomic E-state index is 0. The molecule has 1 heterocycles. The molecule has 6 heteroatoms. The fourth-order valence-electron chi connectivity index (χ4n) is 2.87. The summed E-state index contributed by atoms with van der Waals surface area (Å²) in [7, 11) is 0. The maximum absolute atomic E-state index is 11.1. The van der Waals surface area contributed by atoms with Crippen molar-refractivity contribution >= 4 is 23.8 Å². The Hall–Kier alpha value is -2.11. The lowest BCUT2D eigenvalue weighted by Crippen LogP contribution is -2.46. The summed E-state index contributed by atoms with van der Waals surface area (Å²) >= 11 is 0. The van der Waals surface area contributed by atoms with Gasteiger partial charge in [-0.25, -0.2) is 0 Å². The van der Waals surface area contributed by atoms with Gasteiger partial charge in [-0.3, -0.25) is 15.0 Å². The van der Waals surface area contributed by atoms with E-state index in [4.69, 9.17) is 0 Å². The lowest BCUT2D eigenvalue weighted by atomic mass is 10.2. The second-order valence-electron chi connectivity index (χ2n) is 5.49. The van der Waals surface area contributed by atoms with Crippen LogP contribution in [0.25, 0.3) is 0 Å². The van der Waals surface area contributed by atoms with Gasteiger partial charge >= 0.3 is 0 Å². The van der Waals surface area contributed by atoms with Crippen LogP contribution in [0.2, 0.25) is 0 Å². The van der Waals surface area contributed by atoms with Crippen LogP contribution in [0.5, 0.6) is 0 Å². The van der Waals surface area contributed by atoms with Crippen molar-refractivity contribution in [2.24, 2.45) is 0 Å². The van der Waals surface area contributed by atoms with Crippen LogP contribution in [-0.4, -0.2) is 36.0 Å². The standard InChI is InChI=1S/C17H19N3O2.ClH/c21-20(22)17-9-5-4-8-16(17)19-12-10-18(11-13-19)14-15-6-2-1-3-7-15;/h1-9H,10-14H2;1H. The quantitative estimate of drug-likeness (QED) is 0.636. The first kappa shape index (κ1) is 17.2. The third-order valence-electron chi connectivity index (χ3n) is 4.04. The molecule has 0 atom stereocenters. The molecule has 122 valence electrons. The molecule has 5 nitrogen and oxygen atoms in total. The van der Waals surface area contributed by atoms with Crippen molar-refractivity contribution in [3.63, 3.8) is 0 Å². The smallest absolute Gasteiger partial charge is 0.292 e. The van der Waals surface area contributed by atoms with Crippen molar-refractivity contribution in [2.45, 2.75) is 6.54 Å². The monoisotopic (exact) mass is 333 g/mol. The Bertz CT molecular complexity index is 643. The van der Waals surface area contributed by atoms with Crippen LogP contribution >= 0.6 is 12.4 Å². The van der Waals surface area contributed by atoms with Gasteiger partial charge < -0.3 is 4.90 Å². The molecule has 0 saturated carbocycles. The Morgan fingerprint density at radius 3 is 2.17 bits per heavy atom. The molecule has 0 N–H and O–H groups in total. The van der Waals surface area contributed by atoms with Crippen molar-refractivity contribution < 1.29 is 4.92 Å². The van der Waals surface area contributed by atoms with E-state index >= 15 is 0 Å². The van der Waals surface area contributed by atoms with E-state index in [0.29, 0.717) is 0 Å². The van der Waals surface area contributed by atoms with E-state index < -0.39 is 0 Å². The topological polar surface area (TPSA) is 49.6 Å². The molecule has 23 heavy (non-hydrogen) atoms. The summed E-state index contributed by atoms with van der Waals surface area (Å²) in [6.45, 7) is 4.41. The van der Waals surface area contributed by atoms with Crippen LogP contribution in [0.15, 0.2) is 54.6 Å². The molecule has 0 spiro atoms. The van der Waals surface area contributed by atoms with Crippen molar-refractivity contribution in [3.05, 3.63) is 70.3 Å². The van der Waals surface area contributed by atoms with Gasteiger partial charge in [-0.1, -0.05) is 42.5 Å². The van der Waals surface area contributed by atoms with Crippen LogP contribution in [-0.2, 0) is 6.54 Å². The predicted octanol–water partition coefficient (Wildman–Crippen LogP) is 3.34. The molecule has 0 aliphatic carbocycles. The molecule has 0 unspecified atom stereocenters. The Labute approximate surface area is 142 Å². The van der Waals surface area contributed by atoms with Crippen LogP contribution in [0.1, 0.15) is 5.56 Å². The SMILES string of the molecule is Cl.O=[N+]([O-])c1ccccc1N1CCN(Cc2ccccc2)CC1. The zero-order valence-electron chi connectivity index (χ0n) is 12.8. The fourth-order valence-corrected chi connectivity index (χ4v) is 2.87. The highest BCUT2D eigenvalue weighted by Gasteiger charge is 2.23. The first-order valence-electron chi connectivity index (χ1n) is 7.49. The number of piperazine rings is 1. The van der Waals surface area contributed by atoms with E-state index in [1.54, 1.807) is 12.1 Å². The van der Waals surface area contributed by atoms with Crippen LogP contribution in [0, 0.1) is 10.1 Å². The molecule has 1 fully saturated rings. The van der Waals surface area contributed by atoms with E-state index in [1.807, 2.05) is 18.2 Å². The molecular weight excluding hydrogens is 314 g/mol. The maximum atomic E-state index is 11.1. The number of hydrogen-bond donors (Lipinski definition) is 0. The van der Waals surface area contributed by atoms with Gasteiger partial charge in [-0.15, -0.1) is 12.4 Å². The van der Waals surface area contributed by atoms with E-state index in [-0.39, 0.29) is 23.0 Å². The zero-order valence-corrected chi connectivity index (χ0v) is 13.6. The van der Waals surface area contributed by atoms with Gasteiger partial charge in [0.1, 0.15) is 5.69 Å². The van der Waals surface area contributed by atoms with Gasteiger partial charge in [0, 0.05) is 38.8 Å². The van der Waals surface area contributed by atoms with Crippen molar-refractivity contribution in [1.29, 1.82) is 0 Å². The van der Waals surface area contributed by atoms with Crippen molar-refractivity contribution in [1.82, 2.24) is 4.90 Å². The molecule has 1 aliphatic heterocycles. The van der Waals surface area contributed by atoms with E-state index in [2.05, 4.69) is 34.1 Å². The van der Waals surface area contributed by atoms with Gasteiger partial charge in [0.05, 0.1) is 4.92 Å². The van der Waals surface area contributed by atoms with Gasteiger partial charge in [-0.05, 0) is 11.6 Å². The number of halogens is 1. The third kappa shape index (κ3) is 4.21. The number of nitro benzene ring substituents is 1. The molecule has 1 saturated heterocycles. The molecule has 2 aromatic rings. The van der Waals surface area contributed by atoms with Gasteiger partial charge in [0.25, 0.3) is 5.69 Å². The largest absolute Gasteiger partial charge is 0.363 e. The summed E-state index contributed by atoms with van der Waals surface area (Å²) in [5.74, 6) is 0. The molecule has 1 aliphatic rings. The Kier molecular flexibility index (Phi) is 5.96. The zero-order chi connectivity index (χ0) is 15.4. The van der Waals surface area contributed by atoms with Gasteiger partial charge in [0.15, 0.2) is 0 Å². The highest BCUT2D eigenvalue weighted by molar-refractivity contribution is 5.85. The number of para-hydroxylation sites is 2. The average molecular weight is 334 g/mol. The third-order valence-corrected chi connectivity index (χ3v) is 4.04. The molecule has 3 rings (SSSR count). The molecule has 0 bridgehead atoms. The summed E-state index contributed by atoms with van der Waals surface area (Å²) in [5, 5.41) is 11.1. The second-order valence-corrected chi connectivity index (χ2v) is 5.49. The number of rotatable bonds is 4. The lowest BCUT2D eigenvalue weighted by molar-refractivity contribution is -0.384. The molecule has 0 amide bonds. The van der Waals surface area contributed by atoms with Crippen LogP contribution in [0.3, 0.4) is 0 Å². The Morgan fingerprint density at radius 1 is 0.913 bits per heavy atom. The summed E-state index contributed by atoms with van der Waals surface area (Å²) < 4.78 is 0. The van der Waals surface area contributed by atoms with Crippen molar-refractivity contribution in [2.75, 3.05) is 31.1 Å². The Morgan fingerprint density at radius 2 is 1.52 bits per heavy atom. The highest BCUT2D eigenvalue weighted by Crippen LogP contribution is 2.28. The number of benzene rings is 2. The van der Waals surface area contributed by atoms with Gasteiger partial charge in [0.2, 0.25) is 0 Å². The Balaban J connectivity index is 0.00000192.